The molecule has 1 fully saturated rings. The molecule has 0 amide bonds. The molecule has 5 nitrogen and oxygen atoms in total. The lowest BCUT2D eigenvalue weighted by molar-refractivity contribution is 0.170. The minimum absolute atomic E-state index is 0.225. The van der Waals surface area contributed by atoms with Crippen LogP contribution >= 0.6 is 0 Å². The molecule has 0 aromatic carbocycles. The van der Waals surface area contributed by atoms with E-state index in [9.17, 15) is 0 Å². The van der Waals surface area contributed by atoms with Gasteiger partial charge in [-0.3, -0.25) is 4.98 Å². The molecular weight excluding hydrogens is 264 g/mol. The van der Waals surface area contributed by atoms with Crippen molar-refractivity contribution in [1.82, 2.24) is 9.97 Å². The number of hydrogen-bond acceptors (Lipinski definition) is 5. The zero-order chi connectivity index (χ0) is 14.5. The fourth-order valence-electron chi connectivity index (χ4n) is 2.47. The first kappa shape index (κ1) is 13.4. The number of ether oxygens (including phenoxy) is 1. The SMILES string of the molecule is N#Cc1cccc(N2CCC(Oc3ccncc3)CC2)n1. The lowest BCUT2D eigenvalue weighted by Crippen LogP contribution is -2.38. The summed E-state index contributed by atoms with van der Waals surface area (Å²) in [6.07, 6.45) is 5.59. The van der Waals surface area contributed by atoms with Gasteiger partial charge in [-0.2, -0.15) is 5.26 Å². The maximum atomic E-state index is 8.91. The van der Waals surface area contributed by atoms with Crippen LogP contribution in [0.2, 0.25) is 0 Å². The summed E-state index contributed by atoms with van der Waals surface area (Å²) in [5, 5.41) is 8.91. The molecule has 3 rings (SSSR count). The van der Waals surface area contributed by atoms with Gasteiger partial charge in [-0.25, -0.2) is 4.98 Å². The molecule has 0 radical (unpaired) electrons. The van der Waals surface area contributed by atoms with E-state index in [2.05, 4.69) is 20.9 Å². The van der Waals surface area contributed by atoms with Gasteiger partial charge in [-0.15, -0.1) is 0 Å². The first-order valence-electron chi connectivity index (χ1n) is 7.04. The van der Waals surface area contributed by atoms with Crippen molar-refractivity contribution in [2.45, 2.75) is 18.9 Å². The molecule has 0 spiro atoms. The van der Waals surface area contributed by atoms with Gasteiger partial charge >= 0.3 is 0 Å². The molecule has 0 saturated carbocycles. The Labute approximate surface area is 123 Å². The summed E-state index contributed by atoms with van der Waals surface area (Å²) in [6.45, 7) is 1.77. The van der Waals surface area contributed by atoms with E-state index < -0.39 is 0 Å². The number of aromatic nitrogens is 2. The normalized spacial score (nSPS) is 15.5. The van der Waals surface area contributed by atoms with E-state index >= 15 is 0 Å². The van der Waals surface area contributed by atoms with E-state index in [1.54, 1.807) is 18.5 Å². The topological polar surface area (TPSA) is 62.0 Å². The van der Waals surface area contributed by atoms with Crippen molar-refractivity contribution in [2.75, 3.05) is 18.0 Å². The van der Waals surface area contributed by atoms with Gasteiger partial charge in [0.15, 0.2) is 0 Å². The summed E-state index contributed by atoms with van der Waals surface area (Å²) in [6, 6.07) is 11.4. The van der Waals surface area contributed by atoms with Gasteiger partial charge in [0.25, 0.3) is 0 Å². The van der Waals surface area contributed by atoms with E-state index in [1.165, 1.54) is 0 Å². The number of piperidine rings is 1. The minimum Gasteiger partial charge on any atom is -0.490 e. The predicted molar refractivity (Wildman–Crippen MR) is 79.1 cm³/mol. The third-order valence-corrected chi connectivity index (χ3v) is 3.57. The molecule has 0 unspecified atom stereocenters. The van der Waals surface area contributed by atoms with Gasteiger partial charge < -0.3 is 9.64 Å². The van der Waals surface area contributed by atoms with E-state index in [-0.39, 0.29) is 6.10 Å². The Bertz CT molecular complexity index is 630. The van der Waals surface area contributed by atoms with E-state index in [1.807, 2.05) is 24.3 Å². The van der Waals surface area contributed by atoms with Crippen LogP contribution in [0.5, 0.6) is 5.75 Å². The van der Waals surface area contributed by atoms with Crippen LogP contribution in [0.4, 0.5) is 5.82 Å². The van der Waals surface area contributed by atoms with Crippen LogP contribution in [0.25, 0.3) is 0 Å². The summed E-state index contributed by atoms with van der Waals surface area (Å²) in [5.41, 5.74) is 0.461. The molecule has 0 bridgehead atoms. The van der Waals surface area contributed by atoms with Crippen molar-refractivity contribution in [1.29, 1.82) is 5.26 Å². The first-order valence-corrected chi connectivity index (χ1v) is 7.04. The van der Waals surface area contributed by atoms with Crippen molar-refractivity contribution in [3.63, 3.8) is 0 Å². The summed E-state index contributed by atoms with van der Waals surface area (Å²) in [7, 11) is 0. The largest absolute Gasteiger partial charge is 0.490 e. The summed E-state index contributed by atoms with van der Waals surface area (Å²) < 4.78 is 5.94. The van der Waals surface area contributed by atoms with Crippen LogP contribution in [0.3, 0.4) is 0 Å². The number of anilines is 1. The first-order chi connectivity index (χ1) is 10.3. The average Bonchev–Trinajstić information content (AvgIpc) is 2.56. The summed E-state index contributed by atoms with van der Waals surface area (Å²) >= 11 is 0. The average molecular weight is 280 g/mol. The Balaban J connectivity index is 1.59. The standard InChI is InChI=1S/C16H16N4O/c17-12-13-2-1-3-16(19-13)20-10-6-15(7-11-20)21-14-4-8-18-9-5-14/h1-5,8-9,15H,6-7,10-11H2. The fraction of sp³-hybridized carbons (Fsp3) is 0.312. The lowest BCUT2D eigenvalue weighted by atomic mass is 10.1. The molecule has 3 heterocycles. The van der Waals surface area contributed by atoms with Gasteiger partial charge in [0.2, 0.25) is 0 Å². The molecule has 2 aromatic heterocycles. The number of nitrogens with zero attached hydrogens (tertiary/aromatic N) is 4. The molecular formula is C16H16N4O. The zero-order valence-corrected chi connectivity index (χ0v) is 11.6. The van der Waals surface area contributed by atoms with Gasteiger partial charge in [-0.1, -0.05) is 6.07 Å². The highest BCUT2D eigenvalue weighted by molar-refractivity contribution is 5.42. The van der Waals surface area contributed by atoms with Crippen molar-refractivity contribution in [3.05, 3.63) is 48.4 Å². The van der Waals surface area contributed by atoms with Crippen LogP contribution < -0.4 is 9.64 Å². The number of hydrogen-bond donors (Lipinski definition) is 0. The zero-order valence-electron chi connectivity index (χ0n) is 11.6. The summed E-state index contributed by atoms with van der Waals surface area (Å²) in [4.78, 5) is 10.5. The molecule has 1 saturated heterocycles. The Hall–Kier alpha value is -2.61. The van der Waals surface area contributed by atoms with Crippen LogP contribution in [-0.4, -0.2) is 29.2 Å². The number of nitriles is 1. The maximum Gasteiger partial charge on any atom is 0.142 e. The van der Waals surface area contributed by atoms with Crippen molar-refractivity contribution >= 4 is 5.82 Å². The van der Waals surface area contributed by atoms with Crippen LogP contribution in [0.1, 0.15) is 18.5 Å². The van der Waals surface area contributed by atoms with Gasteiger partial charge in [0, 0.05) is 38.3 Å². The predicted octanol–water partition coefficient (Wildman–Crippen LogP) is 2.40. The Kier molecular flexibility index (Phi) is 3.97. The minimum atomic E-state index is 0.225. The third kappa shape index (κ3) is 3.29. The monoisotopic (exact) mass is 280 g/mol. The highest BCUT2D eigenvalue weighted by atomic mass is 16.5. The third-order valence-electron chi connectivity index (χ3n) is 3.57. The van der Waals surface area contributed by atoms with E-state index in [0.717, 1.165) is 37.5 Å². The number of rotatable bonds is 3. The van der Waals surface area contributed by atoms with Crippen molar-refractivity contribution in [2.24, 2.45) is 0 Å². The smallest absolute Gasteiger partial charge is 0.142 e. The second kappa shape index (κ2) is 6.23. The molecule has 21 heavy (non-hydrogen) atoms. The van der Waals surface area contributed by atoms with Crippen LogP contribution in [0, 0.1) is 11.3 Å². The highest BCUT2D eigenvalue weighted by Crippen LogP contribution is 2.21. The fourth-order valence-corrected chi connectivity index (χ4v) is 2.47. The van der Waals surface area contributed by atoms with Crippen LogP contribution in [-0.2, 0) is 0 Å². The Morgan fingerprint density at radius 2 is 1.90 bits per heavy atom. The molecule has 1 aliphatic heterocycles. The van der Waals surface area contributed by atoms with E-state index in [0.29, 0.717) is 5.69 Å². The lowest BCUT2D eigenvalue weighted by Gasteiger charge is -2.32. The molecule has 5 heteroatoms. The number of pyridine rings is 2. The van der Waals surface area contributed by atoms with Gasteiger partial charge in [0.1, 0.15) is 29.4 Å². The Morgan fingerprint density at radius 1 is 1.14 bits per heavy atom. The molecule has 1 aliphatic rings. The maximum absolute atomic E-state index is 8.91. The summed E-state index contributed by atoms with van der Waals surface area (Å²) in [5.74, 6) is 1.74. The van der Waals surface area contributed by atoms with Gasteiger partial charge in [0.05, 0.1) is 0 Å². The Morgan fingerprint density at radius 3 is 2.62 bits per heavy atom. The van der Waals surface area contributed by atoms with Crippen molar-refractivity contribution in [3.8, 4) is 11.8 Å². The second-order valence-electron chi connectivity index (χ2n) is 4.98. The molecule has 0 aliphatic carbocycles. The molecule has 0 N–H and O–H groups in total. The van der Waals surface area contributed by atoms with Crippen LogP contribution in [0.15, 0.2) is 42.7 Å². The highest BCUT2D eigenvalue weighted by Gasteiger charge is 2.21. The van der Waals surface area contributed by atoms with Gasteiger partial charge in [-0.05, 0) is 24.3 Å². The second-order valence-corrected chi connectivity index (χ2v) is 4.98. The quantitative estimate of drug-likeness (QED) is 0.864. The van der Waals surface area contributed by atoms with E-state index in [4.69, 9.17) is 10.00 Å². The molecule has 106 valence electrons. The molecule has 2 aromatic rings. The van der Waals surface area contributed by atoms with Crippen molar-refractivity contribution < 1.29 is 4.74 Å². The molecule has 0 atom stereocenters.